The van der Waals surface area contributed by atoms with Gasteiger partial charge >= 0.3 is 0 Å². The van der Waals surface area contributed by atoms with Crippen molar-refractivity contribution in [3.63, 3.8) is 0 Å². The lowest BCUT2D eigenvalue weighted by Gasteiger charge is -2.11. The Morgan fingerprint density at radius 1 is 0.946 bits per heavy atom. The summed E-state index contributed by atoms with van der Waals surface area (Å²) < 4.78 is 7.07. The van der Waals surface area contributed by atoms with Gasteiger partial charge in [-0.1, -0.05) is 36.4 Å². The molecule has 2 heterocycles. The molecule has 7 nitrogen and oxygen atoms in total. The summed E-state index contributed by atoms with van der Waals surface area (Å²) in [6, 6.07) is 24.8. The highest BCUT2D eigenvalue weighted by atomic mass is 16.3. The summed E-state index contributed by atoms with van der Waals surface area (Å²) in [4.78, 5) is 32.3. The van der Waals surface area contributed by atoms with Crippen LogP contribution in [0.1, 0.15) is 27.4 Å². The van der Waals surface area contributed by atoms with E-state index in [1.165, 1.54) is 16.5 Å². The van der Waals surface area contributed by atoms with E-state index in [1.54, 1.807) is 18.2 Å². The first-order valence-electron chi connectivity index (χ1n) is 12.1. The number of fused-ring (bicyclic) bond motifs is 1. The number of hydrogen-bond donors (Lipinski definition) is 1. The van der Waals surface area contributed by atoms with Gasteiger partial charge in [-0.15, -0.1) is 0 Å². The molecule has 1 amide bonds. The molecule has 5 rings (SSSR count). The van der Waals surface area contributed by atoms with Crippen molar-refractivity contribution in [2.45, 2.75) is 20.0 Å². The number of hydrogen-bond acceptors (Lipinski definition) is 5. The van der Waals surface area contributed by atoms with E-state index in [0.717, 1.165) is 23.4 Å². The van der Waals surface area contributed by atoms with Crippen molar-refractivity contribution >= 4 is 22.5 Å². The fourth-order valence-corrected chi connectivity index (χ4v) is 4.27. The Balaban J connectivity index is 1.29. The number of rotatable bonds is 7. The minimum atomic E-state index is -0.264. The minimum Gasteiger partial charge on any atom is -0.464 e. The number of aryl methyl sites for hydroxylation is 1. The van der Waals surface area contributed by atoms with E-state index < -0.39 is 0 Å². The molecular weight excluding hydrogens is 464 g/mol. The number of aromatic nitrogens is 2. The van der Waals surface area contributed by atoms with Crippen LogP contribution in [0.2, 0.25) is 0 Å². The Morgan fingerprint density at radius 3 is 2.30 bits per heavy atom. The molecule has 1 N–H and O–H groups in total. The zero-order valence-electron chi connectivity index (χ0n) is 21.1. The second-order valence-electron chi connectivity index (χ2n) is 9.39. The van der Waals surface area contributed by atoms with Crippen molar-refractivity contribution in [1.82, 2.24) is 14.5 Å². The molecule has 37 heavy (non-hydrogen) atoms. The molecule has 7 heteroatoms. The van der Waals surface area contributed by atoms with Gasteiger partial charge in [-0.05, 0) is 80.2 Å². The summed E-state index contributed by atoms with van der Waals surface area (Å²) in [6.45, 7) is 3.06. The van der Waals surface area contributed by atoms with Crippen molar-refractivity contribution in [2.24, 2.45) is 0 Å². The average Bonchev–Trinajstić information content (AvgIpc) is 3.30. The normalized spacial score (nSPS) is 11.2. The topological polar surface area (TPSA) is 80.4 Å². The molecule has 0 atom stereocenters. The van der Waals surface area contributed by atoms with Crippen LogP contribution in [0.5, 0.6) is 0 Å². The van der Waals surface area contributed by atoms with Crippen LogP contribution in [0.25, 0.3) is 22.0 Å². The van der Waals surface area contributed by atoms with Crippen LogP contribution in [0.4, 0.5) is 5.69 Å². The average molecular weight is 493 g/mol. The number of carbonyl (C=O) groups excluding carboxylic acids is 1. The van der Waals surface area contributed by atoms with Crippen LogP contribution < -0.4 is 10.9 Å². The Hall–Kier alpha value is -4.49. The summed E-state index contributed by atoms with van der Waals surface area (Å²) in [6.07, 6.45) is 1.48. The van der Waals surface area contributed by atoms with Crippen LogP contribution in [0, 0.1) is 6.92 Å². The predicted molar refractivity (Wildman–Crippen MR) is 146 cm³/mol. The maximum Gasteiger partial charge on any atom is 0.261 e. The molecule has 2 aromatic heterocycles. The highest BCUT2D eigenvalue weighted by Crippen LogP contribution is 2.23. The first-order chi connectivity index (χ1) is 17.9. The van der Waals surface area contributed by atoms with E-state index in [0.29, 0.717) is 34.5 Å². The van der Waals surface area contributed by atoms with E-state index >= 15 is 0 Å². The summed E-state index contributed by atoms with van der Waals surface area (Å²) in [5.74, 6) is 1.21. The van der Waals surface area contributed by atoms with E-state index in [4.69, 9.17) is 4.42 Å². The highest BCUT2D eigenvalue weighted by molar-refractivity contribution is 6.06. The van der Waals surface area contributed by atoms with Crippen LogP contribution in [-0.2, 0) is 13.1 Å². The molecule has 5 aromatic rings. The molecule has 0 aliphatic carbocycles. The van der Waals surface area contributed by atoms with Gasteiger partial charge in [0.2, 0.25) is 0 Å². The van der Waals surface area contributed by atoms with Crippen molar-refractivity contribution in [3.05, 3.63) is 118 Å². The molecule has 3 aromatic carbocycles. The number of nitrogens with zero attached hydrogens (tertiary/aromatic N) is 3. The molecule has 0 saturated heterocycles. The molecule has 0 saturated carbocycles. The van der Waals surface area contributed by atoms with Gasteiger partial charge in [-0.25, -0.2) is 4.98 Å². The monoisotopic (exact) mass is 492 g/mol. The van der Waals surface area contributed by atoms with Gasteiger partial charge < -0.3 is 14.6 Å². The number of benzene rings is 3. The third kappa shape index (κ3) is 5.52. The quantitative estimate of drug-likeness (QED) is 0.332. The predicted octanol–water partition coefficient (Wildman–Crippen LogP) is 5.33. The third-order valence-electron chi connectivity index (χ3n) is 6.14. The summed E-state index contributed by atoms with van der Waals surface area (Å²) in [5.41, 5.74) is 4.86. The fourth-order valence-electron chi connectivity index (χ4n) is 4.27. The SMILES string of the molecule is Cc1ccc(Cn2cnc3cc(C(=O)Nc4ccc(-c5ccc(CN(C)C)cc5)cc4)ccc3c2=O)o1. The molecule has 0 radical (unpaired) electrons. The van der Waals surface area contributed by atoms with Gasteiger partial charge in [0.25, 0.3) is 11.5 Å². The zero-order valence-corrected chi connectivity index (χ0v) is 21.1. The Kier molecular flexibility index (Phi) is 6.70. The maximum atomic E-state index is 12.9. The van der Waals surface area contributed by atoms with Gasteiger partial charge in [0.1, 0.15) is 11.5 Å². The van der Waals surface area contributed by atoms with Crippen LogP contribution in [0.15, 0.2) is 94.4 Å². The van der Waals surface area contributed by atoms with Gasteiger partial charge in [0.15, 0.2) is 0 Å². The van der Waals surface area contributed by atoms with Crippen molar-refractivity contribution in [2.75, 3.05) is 19.4 Å². The number of anilines is 1. The van der Waals surface area contributed by atoms with Gasteiger partial charge in [-0.3, -0.25) is 14.2 Å². The van der Waals surface area contributed by atoms with E-state index in [2.05, 4.69) is 53.6 Å². The number of furan rings is 1. The molecule has 0 aliphatic heterocycles. The lowest BCUT2D eigenvalue weighted by Crippen LogP contribution is -2.21. The second kappa shape index (κ2) is 10.2. The second-order valence-corrected chi connectivity index (χ2v) is 9.39. The van der Waals surface area contributed by atoms with Crippen molar-refractivity contribution < 1.29 is 9.21 Å². The lowest BCUT2D eigenvalue weighted by atomic mass is 10.0. The van der Waals surface area contributed by atoms with E-state index in [1.807, 2.05) is 43.3 Å². The molecule has 186 valence electrons. The minimum absolute atomic E-state index is 0.184. The maximum absolute atomic E-state index is 12.9. The summed E-state index contributed by atoms with van der Waals surface area (Å²) in [7, 11) is 4.10. The molecule has 0 fully saturated rings. The van der Waals surface area contributed by atoms with Gasteiger partial charge in [-0.2, -0.15) is 0 Å². The Bertz CT molecular complexity index is 1610. The van der Waals surface area contributed by atoms with Crippen LogP contribution in [-0.4, -0.2) is 34.5 Å². The summed E-state index contributed by atoms with van der Waals surface area (Å²) in [5, 5.41) is 3.37. The first kappa shape index (κ1) is 24.2. The summed E-state index contributed by atoms with van der Waals surface area (Å²) >= 11 is 0. The van der Waals surface area contributed by atoms with Crippen molar-refractivity contribution in [3.8, 4) is 11.1 Å². The number of nitrogens with one attached hydrogen (secondary N) is 1. The first-order valence-corrected chi connectivity index (χ1v) is 12.1. The smallest absolute Gasteiger partial charge is 0.261 e. The van der Waals surface area contributed by atoms with E-state index in [-0.39, 0.29) is 11.5 Å². The fraction of sp³-hybridized carbons (Fsp3) is 0.167. The molecule has 0 unspecified atom stereocenters. The molecular formula is C30H28N4O3. The van der Waals surface area contributed by atoms with E-state index in [9.17, 15) is 9.59 Å². The van der Waals surface area contributed by atoms with Crippen molar-refractivity contribution in [1.29, 1.82) is 0 Å². The molecule has 0 aliphatic rings. The highest BCUT2D eigenvalue weighted by Gasteiger charge is 2.12. The Labute approximate surface area is 215 Å². The van der Waals surface area contributed by atoms with Crippen LogP contribution >= 0.6 is 0 Å². The molecule has 0 spiro atoms. The lowest BCUT2D eigenvalue weighted by molar-refractivity contribution is 0.102. The zero-order chi connectivity index (χ0) is 25.9. The molecule has 0 bridgehead atoms. The third-order valence-corrected chi connectivity index (χ3v) is 6.14. The van der Waals surface area contributed by atoms with Crippen LogP contribution in [0.3, 0.4) is 0 Å². The standard InChI is InChI=1S/C30H28N4O3/c1-20-4-14-26(37-20)18-34-19-31-28-16-24(11-15-27(28)30(34)36)29(35)32-25-12-9-23(10-13-25)22-7-5-21(6-8-22)17-33(2)3/h4-16,19H,17-18H2,1-3H3,(H,32,35). The van der Waals surface area contributed by atoms with Gasteiger partial charge in [0.05, 0.1) is 23.8 Å². The van der Waals surface area contributed by atoms with Gasteiger partial charge in [0, 0.05) is 17.8 Å². The number of amides is 1. The largest absolute Gasteiger partial charge is 0.464 e. The number of carbonyl (C=O) groups is 1. The Morgan fingerprint density at radius 2 is 1.65 bits per heavy atom.